The third kappa shape index (κ3) is 2.83. The summed E-state index contributed by atoms with van der Waals surface area (Å²) in [5, 5.41) is 9.51. The molecule has 102 valence electrons. The number of para-hydroxylation sites is 2. The number of nitrogens with one attached hydrogen (secondary N) is 1. The van der Waals surface area contributed by atoms with E-state index in [1.165, 1.54) is 0 Å². The number of nitrogens with zero attached hydrogens (tertiary/aromatic N) is 2. The summed E-state index contributed by atoms with van der Waals surface area (Å²) in [7, 11) is 0. The van der Waals surface area contributed by atoms with Gasteiger partial charge in [0.2, 0.25) is 0 Å². The number of imidazole rings is 1. The molecule has 0 amide bonds. The van der Waals surface area contributed by atoms with Crippen molar-refractivity contribution in [3.8, 4) is 6.07 Å². The molecule has 0 saturated heterocycles. The number of fused-ring (bicyclic) bond motifs is 1. The summed E-state index contributed by atoms with van der Waals surface area (Å²) in [4.78, 5) is 19.5. The van der Waals surface area contributed by atoms with Crippen LogP contribution in [0.25, 0.3) is 11.0 Å². The molecule has 2 rings (SSSR count). The zero-order valence-electron chi connectivity index (χ0n) is 11.1. The maximum Gasteiger partial charge on any atom is 0.197 e. The van der Waals surface area contributed by atoms with Gasteiger partial charge in [-0.2, -0.15) is 5.26 Å². The van der Waals surface area contributed by atoms with Gasteiger partial charge in [0, 0.05) is 6.92 Å². The summed E-state index contributed by atoms with van der Waals surface area (Å²) in [5.74, 6) is -1.03. The Morgan fingerprint density at radius 1 is 1.50 bits per heavy atom. The van der Waals surface area contributed by atoms with Crippen LogP contribution in [-0.4, -0.2) is 26.9 Å². The monoisotopic (exact) mass is 287 g/mol. The lowest BCUT2D eigenvalue weighted by molar-refractivity contribution is -0.125. The molecule has 2 atom stereocenters. The molecule has 0 spiro atoms. The maximum atomic E-state index is 12.2. The van der Waals surface area contributed by atoms with E-state index < -0.39 is 12.0 Å². The number of carbonyl (C=O) groups is 1. The Morgan fingerprint density at radius 3 is 2.80 bits per heavy atom. The molecule has 1 heterocycles. The highest BCUT2D eigenvalue weighted by Gasteiger charge is 2.29. The van der Waals surface area contributed by atoms with Gasteiger partial charge in [0.15, 0.2) is 22.9 Å². The average molecular weight is 287 g/mol. The second-order valence-corrected chi connectivity index (χ2v) is 4.93. The van der Waals surface area contributed by atoms with Crippen LogP contribution in [0.4, 0.5) is 0 Å². The zero-order valence-corrected chi connectivity index (χ0v) is 11.9. The minimum Gasteiger partial charge on any atom is -0.477 e. The van der Waals surface area contributed by atoms with E-state index in [9.17, 15) is 10.1 Å². The third-order valence-electron chi connectivity index (χ3n) is 2.84. The number of Topliss-reactive ketones (excluding diaryl/α,β-unsaturated/α-hetero) is 1. The van der Waals surface area contributed by atoms with E-state index in [0.29, 0.717) is 5.82 Å². The van der Waals surface area contributed by atoms with Gasteiger partial charge in [-0.25, -0.2) is 4.98 Å². The van der Waals surface area contributed by atoms with Gasteiger partial charge in [-0.3, -0.25) is 4.79 Å². The SMILES string of the molecule is CC(=S)OC(C)C(=O)C(C#N)c1nc2ccccc2[nH]1. The number of carbonyl (C=O) groups excluding carboxylic acids is 1. The van der Waals surface area contributed by atoms with Crippen molar-refractivity contribution in [3.63, 3.8) is 0 Å². The molecular formula is C14H13N3O2S. The number of ether oxygens (including phenoxy) is 1. The first-order chi connectivity index (χ1) is 9.52. The van der Waals surface area contributed by atoms with E-state index in [0.717, 1.165) is 11.0 Å². The van der Waals surface area contributed by atoms with Gasteiger partial charge in [0.05, 0.1) is 17.1 Å². The van der Waals surface area contributed by atoms with Crippen LogP contribution in [0.2, 0.25) is 0 Å². The van der Waals surface area contributed by atoms with E-state index >= 15 is 0 Å². The van der Waals surface area contributed by atoms with Gasteiger partial charge in [-0.1, -0.05) is 12.1 Å². The van der Waals surface area contributed by atoms with Crippen LogP contribution < -0.4 is 0 Å². The minimum atomic E-state index is -0.994. The quantitative estimate of drug-likeness (QED) is 0.874. The average Bonchev–Trinajstić information content (AvgIpc) is 2.81. The Bertz CT molecular complexity index is 669. The lowest BCUT2D eigenvalue weighted by atomic mass is 10.0. The van der Waals surface area contributed by atoms with Crippen LogP contribution in [0, 0.1) is 11.3 Å². The lowest BCUT2D eigenvalue weighted by Gasteiger charge is -2.14. The molecule has 2 aromatic rings. The molecular weight excluding hydrogens is 274 g/mol. The molecule has 0 aliphatic heterocycles. The summed E-state index contributed by atoms with van der Waals surface area (Å²) in [5.41, 5.74) is 1.50. The number of ketones is 1. The maximum absolute atomic E-state index is 12.2. The predicted octanol–water partition coefficient (Wildman–Crippen LogP) is 2.49. The molecule has 1 aromatic carbocycles. The number of hydrogen-bond donors (Lipinski definition) is 1. The Balaban J connectivity index is 2.30. The van der Waals surface area contributed by atoms with Crippen molar-refractivity contribution in [2.24, 2.45) is 0 Å². The van der Waals surface area contributed by atoms with Crippen LogP contribution in [0.1, 0.15) is 25.6 Å². The topological polar surface area (TPSA) is 78.8 Å². The molecule has 0 fully saturated rings. The second-order valence-electron chi connectivity index (χ2n) is 4.36. The van der Waals surface area contributed by atoms with Crippen molar-refractivity contribution in [2.75, 3.05) is 0 Å². The molecule has 5 nitrogen and oxygen atoms in total. The number of nitriles is 1. The largest absolute Gasteiger partial charge is 0.477 e. The first-order valence-electron chi connectivity index (χ1n) is 6.08. The minimum absolute atomic E-state index is 0.271. The highest BCUT2D eigenvalue weighted by atomic mass is 32.1. The highest BCUT2D eigenvalue weighted by molar-refractivity contribution is 7.80. The van der Waals surface area contributed by atoms with Gasteiger partial charge in [0.1, 0.15) is 5.82 Å². The van der Waals surface area contributed by atoms with E-state index in [1.807, 2.05) is 30.3 Å². The van der Waals surface area contributed by atoms with Crippen molar-refractivity contribution in [2.45, 2.75) is 25.9 Å². The fraction of sp³-hybridized carbons (Fsp3) is 0.286. The third-order valence-corrected chi connectivity index (χ3v) is 2.93. The zero-order chi connectivity index (χ0) is 14.7. The molecule has 20 heavy (non-hydrogen) atoms. The van der Waals surface area contributed by atoms with Crippen LogP contribution in [0.3, 0.4) is 0 Å². The number of benzene rings is 1. The van der Waals surface area contributed by atoms with E-state index in [1.54, 1.807) is 13.8 Å². The fourth-order valence-corrected chi connectivity index (χ4v) is 2.05. The summed E-state index contributed by atoms with van der Waals surface area (Å²) >= 11 is 4.80. The molecule has 1 N–H and O–H groups in total. The van der Waals surface area contributed by atoms with Crippen molar-refractivity contribution in [1.29, 1.82) is 5.26 Å². The molecule has 0 saturated carbocycles. The van der Waals surface area contributed by atoms with Crippen molar-refractivity contribution < 1.29 is 9.53 Å². The van der Waals surface area contributed by atoms with Crippen molar-refractivity contribution in [3.05, 3.63) is 30.1 Å². The number of rotatable bonds is 4. The fourth-order valence-electron chi connectivity index (χ4n) is 1.91. The standard InChI is InChI=1S/C14H13N3O2S/c1-8(19-9(2)20)13(18)10(7-15)14-16-11-5-3-4-6-12(11)17-14/h3-6,8,10H,1-2H3,(H,16,17). The van der Waals surface area contributed by atoms with E-state index in [2.05, 4.69) is 9.97 Å². The normalized spacial score (nSPS) is 13.4. The lowest BCUT2D eigenvalue weighted by Crippen LogP contribution is -2.28. The van der Waals surface area contributed by atoms with Gasteiger partial charge < -0.3 is 9.72 Å². The van der Waals surface area contributed by atoms with Gasteiger partial charge in [-0.15, -0.1) is 0 Å². The number of aromatic amines is 1. The first-order valence-corrected chi connectivity index (χ1v) is 6.49. The Morgan fingerprint density at radius 2 is 2.20 bits per heavy atom. The molecule has 6 heteroatoms. The number of aromatic nitrogens is 2. The molecule has 1 aromatic heterocycles. The Kier molecular flexibility index (Phi) is 4.11. The van der Waals surface area contributed by atoms with Crippen LogP contribution in [0.15, 0.2) is 24.3 Å². The van der Waals surface area contributed by atoms with Gasteiger partial charge in [0.25, 0.3) is 0 Å². The molecule has 0 radical (unpaired) electrons. The van der Waals surface area contributed by atoms with Crippen molar-refractivity contribution in [1.82, 2.24) is 9.97 Å². The number of H-pyrrole nitrogens is 1. The molecule has 0 aliphatic rings. The summed E-state index contributed by atoms with van der Waals surface area (Å²) < 4.78 is 5.18. The molecule has 0 aliphatic carbocycles. The van der Waals surface area contributed by atoms with Gasteiger partial charge in [-0.05, 0) is 31.3 Å². The summed E-state index contributed by atoms with van der Waals surface area (Å²) in [6.07, 6.45) is -0.773. The summed E-state index contributed by atoms with van der Waals surface area (Å²) in [6, 6.07) is 9.32. The predicted molar refractivity (Wildman–Crippen MR) is 78.3 cm³/mol. The van der Waals surface area contributed by atoms with Gasteiger partial charge >= 0.3 is 0 Å². The van der Waals surface area contributed by atoms with Crippen LogP contribution in [0.5, 0.6) is 0 Å². The van der Waals surface area contributed by atoms with Crippen molar-refractivity contribution >= 4 is 34.1 Å². The molecule has 0 bridgehead atoms. The van der Waals surface area contributed by atoms with E-state index in [4.69, 9.17) is 17.0 Å². The van der Waals surface area contributed by atoms with Crippen LogP contribution >= 0.6 is 12.2 Å². The molecule has 2 unspecified atom stereocenters. The number of thiocarbonyl (C=S) groups is 1. The number of hydrogen-bond acceptors (Lipinski definition) is 5. The first kappa shape index (κ1) is 14.2. The Hall–Kier alpha value is -2.26. The Labute approximate surface area is 121 Å². The van der Waals surface area contributed by atoms with E-state index in [-0.39, 0.29) is 10.8 Å². The highest BCUT2D eigenvalue weighted by Crippen LogP contribution is 2.20. The summed E-state index contributed by atoms with van der Waals surface area (Å²) in [6.45, 7) is 3.16. The van der Waals surface area contributed by atoms with Crippen LogP contribution in [-0.2, 0) is 9.53 Å². The smallest absolute Gasteiger partial charge is 0.197 e. The second kappa shape index (κ2) is 5.80.